The lowest BCUT2D eigenvalue weighted by atomic mass is 10.2. The van der Waals surface area contributed by atoms with Gasteiger partial charge in [-0.25, -0.2) is 4.98 Å². The number of hydrogen-bond acceptors (Lipinski definition) is 7. The van der Waals surface area contributed by atoms with Crippen LogP contribution < -0.4 is 4.74 Å². The van der Waals surface area contributed by atoms with E-state index in [1.807, 2.05) is 36.7 Å². The fraction of sp³-hybridized carbons (Fsp3) is 0.421. The van der Waals surface area contributed by atoms with E-state index in [-0.39, 0.29) is 25.7 Å². The fourth-order valence-corrected chi connectivity index (χ4v) is 2.78. The van der Waals surface area contributed by atoms with Gasteiger partial charge in [0.25, 0.3) is 12.9 Å². The Labute approximate surface area is 168 Å². The summed E-state index contributed by atoms with van der Waals surface area (Å²) in [6.07, 6.45) is 4.00. The Balaban J connectivity index is 0.000000626. The molecule has 1 aliphatic heterocycles. The molecule has 0 radical (unpaired) electrons. The number of rotatable bonds is 6. The number of carbonyl (C=O) groups is 2. The second kappa shape index (κ2) is 14.1. The van der Waals surface area contributed by atoms with Gasteiger partial charge < -0.3 is 34.3 Å². The summed E-state index contributed by atoms with van der Waals surface area (Å²) in [4.78, 5) is 23.5. The number of aliphatic hydroxyl groups is 1. The van der Waals surface area contributed by atoms with Crippen LogP contribution in [-0.4, -0.2) is 88.8 Å². The average molecular weight is 409 g/mol. The molecule has 29 heavy (non-hydrogen) atoms. The molecule has 1 aromatic carbocycles. The molecule has 1 aromatic heterocycles. The Bertz CT molecular complexity index is 700. The highest BCUT2D eigenvalue weighted by Gasteiger charge is 2.19. The molecular formula is C19H27N3O7. The highest BCUT2D eigenvalue weighted by Crippen LogP contribution is 2.22. The van der Waals surface area contributed by atoms with E-state index < -0.39 is 0 Å². The van der Waals surface area contributed by atoms with Gasteiger partial charge in [-0.2, -0.15) is 0 Å². The van der Waals surface area contributed by atoms with E-state index in [4.69, 9.17) is 34.4 Å². The Kier molecular flexibility index (Phi) is 11.7. The predicted molar refractivity (Wildman–Crippen MR) is 105 cm³/mol. The zero-order chi connectivity index (χ0) is 21.5. The summed E-state index contributed by atoms with van der Waals surface area (Å²) in [5.41, 5.74) is 1.04. The monoisotopic (exact) mass is 409 g/mol. The van der Waals surface area contributed by atoms with E-state index in [0.29, 0.717) is 6.61 Å². The van der Waals surface area contributed by atoms with E-state index in [2.05, 4.69) is 21.5 Å². The highest BCUT2D eigenvalue weighted by atomic mass is 16.5. The molecule has 2 heterocycles. The Morgan fingerprint density at radius 3 is 2.48 bits per heavy atom. The maximum atomic E-state index is 8.79. The summed E-state index contributed by atoms with van der Waals surface area (Å²) in [7, 11) is 2.12. The molecule has 0 saturated carbocycles. The number of nitrogens with zero attached hydrogens (tertiary/aromatic N) is 3. The van der Waals surface area contributed by atoms with Gasteiger partial charge in [0.15, 0.2) is 0 Å². The molecule has 1 fully saturated rings. The van der Waals surface area contributed by atoms with Gasteiger partial charge >= 0.3 is 0 Å². The molecule has 160 valence electrons. The highest BCUT2D eigenvalue weighted by molar-refractivity contribution is 5.56. The maximum Gasteiger partial charge on any atom is 0.290 e. The van der Waals surface area contributed by atoms with E-state index in [1.54, 1.807) is 0 Å². The predicted octanol–water partition coefficient (Wildman–Crippen LogP) is 0.653. The number of imidazole rings is 1. The molecule has 0 aliphatic carbocycles. The molecule has 1 atom stereocenters. The quantitative estimate of drug-likeness (QED) is 0.588. The van der Waals surface area contributed by atoms with Crippen LogP contribution in [0.4, 0.5) is 0 Å². The molecule has 10 nitrogen and oxygen atoms in total. The summed E-state index contributed by atoms with van der Waals surface area (Å²) < 4.78 is 13.4. The molecule has 1 unspecified atom stereocenters. The molecule has 3 N–H and O–H groups in total. The minimum absolute atomic E-state index is 0.0159. The number of benzene rings is 1. The second-order valence-corrected chi connectivity index (χ2v) is 5.97. The summed E-state index contributed by atoms with van der Waals surface area (Å²) in [6, 6.07) is 7.77. The van der Waals surface area contributed by atoms with Crippen LogP contribution in [0.1, 0.15) is 0 Å². The van der Waals surface area contributed by atoms with Crippen molar-refractivity contribution in [3.8, 4) is 17.1 Å². The van der Waals surface area contributed by atoms with Crippen LogP contribution in [0.15, 0.2) is 36.7 Å². The molecule has 0 bridgehead atoms. The van der Waals surface area contributed by atoms with Crippen molar-refractivity contribution < 1.29 is 34.4 Å². The molecule has 1 aliphatic rings. The van der Waals surface area contributed by atoms with E-state index in [9.17, 15) is 0 Å². The number of aromatic nitrogens is 2. The van der Waals surface area contributed by atoms with Crippen LogP contribution >= 0.6 is 0 Å². The Morgan fingerprint density at radius 2 is 1.90 bits per heavy atom. The van der Waals surface area contributed by atoms with Crippen molar-refractivity contribution in [3.63, 3.8) is 0 Å². The molecule has 0 spiro atoms. The smallest absolute Gasteiger partial charge is 0.290 e. The molecule has 2 aromatic rings. The zero-order valence-corrected chi connectivity index (χ0v) is 16.3. The van der Waals surface area contributed by atoms with Gasteiger partial charge in [-0.15, -0.1) is 0 Å². The van der Waals surface area contributed by atoms with Gasteiger partial charge in [-0.3, -0.25) is 9.59 Å². The van der Waals surface area contributed by atoms with E-state index >= 15 is 0 Å². The topological polar surface area (TPSA) is 134 Å². The minimum Gasteiger partial charge on any atom is -0.491 e. The average Bonchev–Trinajstić information content (AvgIpc) is 3.16. The van der Waals surface area contributed by atoms with Crippen LogP contribution in [0.5, 0.6) is 5.75 Å². The summed E-state index contributed by atoms with van der Waals surface area (Å²) in [5, 5.41) is 22.6. The normalized spacial score (nSPS) is 15.9. The lowest BCUT2D eigenvalue weighted by Crippen LogP contribution is -2.41. The van der Waals surface area contributed by atoms with Gasteiger partial charge in [0.1, 0.15) is 18.2 Å². The van der Waals surface area contributed by atoms with Gasteiger partial charge in [0.05, 0.1) is 25.9 Å². The van der Waals surface area contributed by atoms with Crippen LogP contribution in [0.25, 0.3) is 11.4 Å². The summed E-state index contributed by atoms with van der Waals surface area (Å²) in [6.45, 7) is 3.32. The molecule has 10 heteroatoms. The Morgan fingerprint density at radius 1 is 1.24 bits per heavy atom. The summed E-state index contributed by atoms with van der Waals surface area (Å²) in [5.74, 6) is 1.67. The number of carboxylic acid groups (broad SMARTS) is 2. The number of morpholine rings is 1. The minimum atomic E-state index is -0.250. The molecule has 0 amide bonds. The number of aliphatic hydroxyl groups excluding tert-OH is 1. The van der Waals surface area contributed by atoms with Crippen LogP contribution in [-0.2, 0) is 20.9 Å². The van der Waals surface area contributed by atoms with Crippen molar-refractivity contribution in [3.05, 3.63) is 36.7 Å². The SMILES string of the molecule is CN1CCOC(Cn2ccnc2-c2ccc(OCCO)cc2)C1.O=CO.O=CO. The van der Waals surface area contributed by atoms with Crippen molar-refractivity contribution in [1.29, 1.82) is 0 Å². The summed E-state index contributed by atoms with van der Waals surface area (Å²) >= 11 is 0. The fourth-order valence-electron chi connectivity index (χ4n) is 2.78. The lowest BCUT2D eigenvalue weighted by molar-refractivity contribution is -0.123. The van der Waals surface area contributed by atoms with Crippen molar-refractivity contribution >= 4 is 12.9 Å². The first-order chi connectivity index (χ1) is 14.1. The van der Waals surface area contributed by atoms with Gasteiger partial charge in [-0.1, -0.05) is 0 Å². The Hall–Kier alpha value is -2.95. The second-order valence-electron chi connectivity index (χ2n) is 5.97. The van der Waals surface area contributed by atoms with Crippen LogP contribution in [0.3, 0.4) is 0 Å². The third kappa shape index (κ3) is 8.73. The van der Waals surface area contributed by atoms with Crippen molar-refractivity contribution in [2.24, 2.45) is 0 Å². The third-order valence-corrected chi connectivity index (χ3v) is 3.93. The number of ether oxygens (including phenoxy) is 2. The molecule has 1 saturated heterocycles. The van der Waals surface area contributed by atoms with Crippen molar-refractivity contribution in [2.45, 2.75) is 12.6 Å². The van der Waals surface area contributed by atoms with Gasteiger partial charge in [0.2, 0.25) is 0 Å². The lowest BCUT2D eigenvalue weighted by Gasteiger charge is -2.30. The van der Waals surface area contributed by atoms with E-state index in [1.165, 1.54) is 0 Å². The van der Waals surface area contributed by atoms with Crippen LogP contribution in [0, 0.1) is 0 Å². The van der Waals surface area contributed by atoms with Crippen molar-refractivity contribution in [2.75, 3.05) is 40.0 Å². The van der Waals surface area contributed by atoms with Crippen molar-refractivity contribution in [1.82, 2.24) is 14.5 Å². The van der Waals surface area contributed by atoms with Gasteiger partial charge in [0, 0.05) is 31.0 Å². The zero-order valence-electron chi connectivity index (χ0n) is 16.3. The van der Waals surface area contributed by atoms with Crippen LogP contribution in [0.2, 0.25) is 0 Å². The van der Waals surface area contributed by atoms with Gasteiger partial charge in [-0.05, 0) is 31.3 Å². The molecular weight excluding hydrogens is 382 g/mol. The number of hydrogen-bond donors (Lipinski definition) is 3. The standard InChI is InChI=1S/C17H23N3O3.2CH2O2/c1-19-8-10-22-16(12-19)13-20-7-6-18-17(20)14-2-4-15(5-3-14)23-11-9-21;2*2-1-3/h2-7,16,21H,8-13H2,1H3;2*1H,(H,2,3). The first-order valence-electron chi connectivity index (χ1n) is 8.90. The maximum absolute atomic E-state index is 8.79. The largest absolute Gasteiger partial charge is 0.491 e. The number of likely N-dealkylation sites (N-methyl/N-ethyl adjacent to an activating group) is 1. The first-order valence-corrected chi connectivity index (χ1v) is 8.90. The van der Waals surface area contributed by atoms with E-state index in [0.717, 1.165) is 43.4 Å². The first kappa shape index (κ1) is 24.1. The molecule has 3 rings (SSSR count). The third-order valence-electron chi connectivity index (χ3n) is 3.93.